The quantitative estimate of drug-likeness (QED) is 0.248. The highest BCUT2D eigenvalue weighted by atomic mass is 16.5. The van der Waals surface area contributed by atoms with Gasteiger partial charge in [-0.2, -0.15) is 0 Å². The van der Waals surface area contributed by atoms with Gasteiger partial charge in [-0.25, -0.2) is 4.79 Å². The molecule has 0 bridgehead atoms. The zero-order valence-corrected chi connectivity index (χ0v) is 11.9. The van der Waals surface area contributed by atoms with Crippen LogP contribution in [0.4, 0.5) is 0 Å². The molecule has 21 heavy (non-hydrogen) atoms. The maximum absolute atomic E-state index is 11.3. The number of rotatable bonds is 9. The topological polar surface area (TPSA) is 85.2 Å². The van der Waals surface area contributed by atoms with Crippen LogP contribution in [0.1, 0.15) is 25.3 Å². The number of nitroso groups, excluding NO2 is 1. The van der Waals surface area contributed by atoms with Crippen LogP contribution in [0, 0.1) is 4.91 Å². The molecule has 6 heteroatoms. The minimum absolute atomic E-state index is 0.116. The van der Waals surface area contributed by atoms with E-state index in [2.05, 4.69) is 9.91 Å². The fourth-order valence-electron chi connectivity index (χ4n) is 1.63. The minimum atomic E-state index is -0.907. The number of aliphatic hydroxyl groups is 1. The zero-order chi connectivity index (χ0) is 15.5. The molecule has 1 aromatic carbocycles. The van der Waals surface area contributed by atoms with E-state index in [4.69, 9.17) is 4.74 Å². The second-order valence-electron chi connectivity index (χ2n) is 4.25. The number of ether oxygens (including phenoxy) is 2. The minimum Gasteiger partial charge on any atom is -0.510 e. The second kappa shape index (κ2) is 9.66. The lowest BCUT2D eigenvalue weighted by molar-refractivity contribution is -0.138. The molecule has 0 aliphatic rings. The van der Waals surface area contributed by atoms with E-state index in [1.165, 1.54) is 0 Å². The third-order valence-corrected chi connectivity index (χ3v) is 2.65. The first-order chi connectivity index (χ1) is 10.2. The number of carbonyl (C=O) groups excluding carboxylic acids is 1. The van der Waals surface area contributed by atoms with Crippen LogP contribution in [0.2, 0.25) is 0 Å². The van der Waals surface area contributed by atoms with Gasteiger partial charge in [0, 0.05) is 13.0 Å². The molecule has 0 radical (unpaired) electrons. The number of esters is 1. The van der Waals surface area contributed by atoms with E-state index >= 15 is 0 Å². The molecule has 0 heterocycles. The molecule has 1 aromatic rings. The molecule has 0 unspecified atom stereocenters. The molecule has 0 saturated heterocycles. The Morgan fingerprint density at radius 2 is 2.00 bits per heavy atom. The van der Waals surface area contributed by atoms with Gasteiger partial charge in [0.15, 0.2) is 0 Å². The summed E-state index contributed by atoms with van der Waals surface area (Å²) < 4.78 is 10.1. The summed E-state index contributed by atoms with van der Waals surface area (Å²) in [5, 5.41) is 12.2. The predicted molar refractivity (Wildman–Crippen MR) is 77.4 cm³/mol. The van der Waals surface area contributed by atoms with Crippen molar-refractivity contribution in [2.75, 3.05) is 13.2 Å². The molecule has 0 fully saturated rings. The van der Waals surface area contributed by atoms with Gasteiger partial charge in [0.1, 0.15) is 5.76 Å². The summed E-state index contributed by atoms with van der Waals surface area (Å²) >= 11 is 0. The van der Waals surface area contributed by atoms with Gasteiger partial charge in [-0.15, -0.1) is 4.91 Å². The number of hydrogen-bond donors (Lipinski definition) is 1. The van der Waals surface area contributed by atoms with Crippen molar-refractivity contribution in [1.82, 2.24) is 0 Å². The van der Waals surface area contributed by atoms with Gasteiger partial charge in [-0.3, -0.25) is 0 Å². The third kappa shape index (κ3) is 6.18. The highest BCUT2D eigenvalue weighted by Crippen LogP contribution is 2.12. The molecule has 0 spiro atoms. The summed E-state index contributed by atoms with van der Waals surface area (Å²) in [4.78, 5) is 21.9. The van der Waals surface area contributed by atoms with Crippen LogP contribution >= 0.6 is 0 Å². The molecule has 0 aliphatic heterocycles. The van der Waals surface area contributed by atoms with Gasteiger partial charge in [0.05, 0.1) is 13.2 Å². The standard InChI is InChI=1S/C15H19NO5/c1-2-21-15(18)14(16-19)13(17)9-6-10-20-11-12-7-4-3-5-8-12/h3-5,7-8,17H,2,6,9-11H2,1H3/b14-13+. The van der Waals surface area contributed by atoms with E-state index in [0.29, 0.717) is 19.6 Å². The van der Waals surface area contributed by atoms with E-state index in [1.54, 1.807) is 6.92 Å². The molecule has 1 N–H and O–H groups in total. The monoisotopic (exact) mass is 293 g/mol. The van der Waals surface area contributed by atoms with Gasteiger partial charge in [0.25, 0.3) is 0 Å². The van der Waals surface area contributed by atoms with Crippen molar-refractivity contribution in [1.29, 1.82) is 0 Å². The maximum Gasteiger partial charge on any atom is 0.364 e. The van der Waals surface area contributed by atoms with Crippen molar-refractivity contribution in [3.8, 4) is 0 Å². The third-order valence-electron chi connectivity index (χ3n) is 2.65. The number of hydrogen-bond acceptors (Lipinski definition) is 6. The second-order valence-corrected chi connectivity index (χ2v) is 4.25. The molecule has 1 rings (SSSR count). The Morgan fingerprint density at radius 1 is 1.29 bits per heavy atom. The lowest BCUT2D eigenvalue weighted by atomic mass is 10.2. The van der Waals surface area contributed by atoms with Crippen molar-refractivity contribution in [3.05, 3.63) is 52.3 Å². The van der Waals surface area contributed by atoms with E-state index in [0.717, 1.165) is 5.56 Å². The molecular weight excluding hydrogens is 274 g/mol. The Bertz CT molecular complexity index is 484. The average molecular weight is 293 g/mol. The van der Waals surface area contributed by atoms with Gasteiger partial charge in [-0.05, 0) is 24.1 Å². The Labute approximate surface area is 123 Å². The number of allylic oxidation sites excluding steroid dienone is 1. The van der Waals surface area contributed by atoms with Crippen LogP contribution in [0.3, 0.4) is 0 Å². The molecule has 0 saturated carbocycles. The van der Waals surface area contributed by atoms with Gasteiger partial charge < -0.3 is 14.6 Å². The summed E-state index contributed by atoms with van der Waals surface area (Å²) in [6, 6.07) is 9.68. The molecule has 0 aliphatic carbocycles. The first-order valence-electron chi connectivity index (χ1n) is 6.73. The average Bonchev–Trinajstić information content (AvgIpc) is 2.49. The van der Waals surface area contributed by atoms with E-state index in [-0.39, 0.29) is 18.8 Å². The van der Waals surface area contributed by atoms with Gasteiger partial charge in [-0.1, -0.05) is 30.3 Å². The predicted octanol–water partition coefficient (Wildman–Crippen LogP) is 3.08. The van der Waals surface area contributed by atoms with Crippen LogP contribution in [-0.2, 0) is 20.9 Å². The Morgan fingerprint density at radius 3 is 2.62 bits per heavy atom. The van der Waals surface area contributed by atoms with Crippen molar-refractivity contribution in [2.24, 2.45) is 5.18 Å². The smallest absolute Gasteiger partial charge is 0.364 e. The number of aliphatic hydroxyl groups excluding tert-OH is 1. The summed E-state index contributed by atoms with van der Waals surface area (Å²) in [6.45, 7) is 2.59. The Hall–Kier alpha value is -2.21. The number of nitrogens with zero attached hydrogens (tertiary/aromatic N) is 1. The summed E-state index contributed by atoms with van der Waals surface area (Å²) in [5.74, 6) is -1.28. The van der Waals surface area contributed by atoms with Gasteiger partial charge in [0.2, 0.25) is 5.70 Å². The maximum atomic E-state index is 11.3. The van der Waals surface area contributed by atoms with Crippen LogP contribution < -0.4 is 0 Å². The molecule has 0 aromatic heterocycles. The fourth-order valence-corrected chi connectivity index (χ4v) is 1.63. The highest BCUT2D eigenvalue weighted by molar-refractivity contribution is 5.88. The molecule has 0 atom stereocenters. The zero-order valence-electron chi connectivity index (χ0n) is 11.9. The van der Waals surface area contributed by atoms with Crippen molar-refractivity contribution in [2.45, 2.75) is 26.4 Å². The summed E-state index contributed by atoms with van der Waals surface area (Å²) in [6.07, 6.45) is 0.603. The molecule has 114 valence electrons. The van der Waals surface area contributed by atoms with Crippen molar-refractivity contribution >= 4 is 5.97 Å². The summed E-state index contributed by atoms with van der Waals surface area (Å²) in [5.41, 5.74) is 0.485. The molecule has 6 nitrogen and oxygen atoms in total. The van der Waals surface area contributed by atoms with Crippen molar-refractivity contribution in [3.63, 3.8) is 0 Å². The Balaban J connectivity index is 2.33. The van der Waals surface area contributed by atoms with Crippen LogP contribution in [0.25, 0.3) is 0 Å². The first kappa shape index (κ1) is 16.8. The van der Waals surface area contributed by atoms with Crippen LogP contribution in [0.15, 0.2) is 47.0 Å². The van der Waals surface area contributed by atoms with E-state index in [1.807, 2.05) is 30.3 Å². The van der Waals surface area contributed by atoms with E-state index in [9.17, 15) is 14.8 Å². The van der Waals surface area contributed by atoms with Gasteiger partial charge >= 0.3 is 5.97 Å². The normalized spacial score (nSPS) is 11.7. The SMILES string of the molecule is CCOC(=O)/C(N=O)=C(\O)CCCOCc1ccccc1. The van der Waals surface area contributed by atoms with E-state index < -0.39 is 11.7 Å². The first-order valence-corrected chi connectivity index (χ1v) is 6.73. The van der Waals surface area contributed by atoms with Crippen LogP contribution in [0.5, 0.6) is 0 Å². The lowest BCUT2D eigenvalue weighted by Crippen LogP contribution is -2.09. The summed E-state index contributed by atoms with van der Waals surface area (Å²) in [7, 11) is 0. The van der Waals surface area contributed by atoms with Crippen LogP contribution in [-0.4, -0.2) is 24.3 Å². The van der Waals surface area contributed by atoms with Crippen molar-refractivity contribution < 1.29 is 19.4 Å². The number of carbonyl (C=O) groups is 1. The number of benzene rings is 1. The lowest BCUT2D eigenvalue weighted by Gasteiger charge is -2.05. The fraction of sp³-hybridized carbons (Fsp3) is 0.400. The largest absolute Gasteiger partial charge is 0.510 e. The molecule has 0 amide bonds. The molecular formula is C15H19NO5. The highest BCUT2D eigenvalue weighted by Gasteiger charge is 2.17. The Kier molecular flexibility index (Phi) is 7.74.